The molecule has 1 aliphatic heterocycles. The molecule has 1 aliphatic rings. The number of fused-ring (bicyclic) bond motifs is 1. The predicted molar refractivity (Wildman–Crippen MR) is 60.5 cm³/mol. The summed E-state index contributed by atoms with van der Waals surface area (Å²) in [5.41, 5.74) is 0.212. The molecule has 1 aromatic rings. The smallest absolute Gasteiger partial charge is 0.307 e. The number of likely N-dealkylation sites (N-methyl/N-ethyl adjacent to an activating group) is 1. The maximum absolute atomic E-state index is 11.8. The number of pyridine rings is 1. The summed E-state index contributed by atoms with van der Waals surface area (Å²) in [6.45, 7) is 0. The fourth-order valence-corrected chi connectivity index (χ4v) is 1.92. The average molecular weight is 300 g/mol. The van der Waals surface area contributed by atoms with E-state index >= 15 is 0 Å². The largest absolute Gasteiger partial charge is 0.353 e. The van der Waals surface area contributed by atoms with E-state index in [2.05, 4.69) is 20.9 Å². The summed E-state index contributed by atoms with van der Waals surface area (Å²) in [7, 11) is 1.37. The van der Waals surface area contributed by atoms with Gasteiger partial charge in [0, 0.05) is 12.0 Å². The molecule has 0 fully saturated rings. The second kappa shape index (κ2) is 3.88. The number of ketones is 1. The van der Waals surface area contributed by atoms with Crippen LogP contribution in [0.1, 0.15) is 10.5 Å². The Morgan fingerprint density at radius 2 is 2.12 bits per heavy atom. The second-order valence-electron chi connectivity index (χ2n) is 3.45. The van der Waals surface area contributed by atoms with E-state index in [1.54, 1.807) is 6.07 Å². The molecule has 0 bridgehead atoms. The van der Waals surface area contributed by atoms with E-state index in [1.165, 1.54) is 13.1 Å². The number of carbonyl (C=O) groups excluding carboxylic acids is 2. The van der Waals surface area contributed by atoms with Crippen LogP contribution in [-0.2, 0) is 4.79 Å². The molecular formula is C9H6BrN3O4. The van der Waals surface area contributed by atoms with Gasteiger partial charge in [0.15, 0.2) is 0 Å². The lowest BCUT2D eigenvalue weighted by Crippen LogP contribution is -2.50. The van der Waals surface area contributed by atoms with Gasteiger partial charge in [-0.15, -0.1) is 0 Å². The molecule has 0 radical (unpaired) electrons. The van der Waals surface area contributed by atoms with Crippen LogP contribution >= 0.6 is 15.9 Å². The minimum Gasteiger partial charge on any atom is -0.307 e. The Bertz CT molecular complexity index is 545. The minimum atomic E-state index is -1.89. The third-order valence-corrected chi connectivity index (χ3v) is 2.90. The standard InChI is InChI=1S/C9H6BrN3O4/c1-12-4-2-3-5(10)11-6(4)8(14)7(9(12)15)13(16)17/h2-3,7H,1H3. The molecule has 0 N–H and O–H groups in total. The quantitative estimate of drug-likeness (QED) is 0.328. The van der Waals surface area contributed by atoms with Crippen LogP contribution in [0.4, 0.5) is 5.69 Å². The normalized spacial score (nSPS) is 19.2. The highest BCUT2D eigenvalue weighted by atomic mass is 79.9. The Hall–Kier alpha value is -1.83. The van der Waals surface area contributed by atoms with Gasteiger partial charge < -0.3 is 4.90 Å². The first-order chi connectivity index (χ1) is 7.93. The van der Waals surface area contributed by atoms with Crippen LogP contribution in [0.25, 0.3) is 0 Å². The second-order valence-corrected chi connectivity index (χ2v) is 4.26. The molecule has 7 nitrogen and oxygen atoms in total. The van der Waals surface area contributed by atoms with Crippen LogP contribution in [0.2, 0.25) is 0 Å². The maximum atomic E-state index is 11.8. The number of halogens is 1. The number of nitrogens with zero attached hydrogens (tertiary/aromatic N) is 3. The maximum Gasteiger partial charge on any atom is 0.353 e. The summed E-state index contributed by atoms with van der Waals surface area (Å²) >= 11 is 3.07. The van der Waals surface area contributed by atoms with Gasteiger partial charge in [0.25, 0.3) is 5.78 Å². The Balaban J connectivity index is 2.63. The molecule has 0 aliphatic carbocycles. The number of rotatable bonds is 1. The van der Waals surface area contributed by atoms with Crippen molar-refractivity contribution in [3.8, 4) is 0 Å². The summed E-state index contributed by atoms with van der Waals surface area (Å²) < 4.78 is 0.384. The van der Waals surface area contributed by atoms with Crippen LogP contribution < -0.4 is 4.90 Å². The first-order valence-corrected chi connectivity index (χ1v) is 5.34. The van der Waals surface area contributed by atoms with Gasteiger partial charge in [-0.25, -0.2) is 4.98 Å². The van der Waals surface area contributed by atoms with Gasteiger partial charge >= 0.3 is 11.9 Å². The molecule has 17 heavy (non-hydrogen) atoms. The number of hydrogen-bond donors (Lipinski definition) is 0. The van der Waals surface area contributed by atoms with E-state index in [0.29, 0.717) is 4.60 Å². The van der Waals surface area contributed by atoms with Gasteiger partial charge in [-0.3, -0.25) is 19.7 Å². The molecular weight excluding hydrogens is 294 g/mol. The van der Waals surface area contributed by atoms with Crippen molar-refractivity contribution in [3.05, 3.63) is 32.5 Å². The van der Waals surface area contributed by atoms with Gasteiger partial charge in [-0.2, -0.15) is 0 Å². The van der Waals surface area contributed by atoms with E-state index in [-0.39, 0.29) is 11.4 Å². The Labute approximate surface area is 104 Å². The zero-order valence-electron chi connectivity index (χ0n) is 8.58. The number of aromatic nitrogens is 1. The molecule has 0 saturated carbocycles. The highest BCUT2D eigenvalue weighted by Gasteiger charge is 2.47. The summed E-state index contributed by atoms with van der Waals surface area (Å²) in [5.74, 6) is -1.73. The number of nitro groups is 1. The van der Waals surface area contributed by atoms with E-state index in [4.69, 9.17) is 0 Å². The van der Waals surface area contributed by atoms with Crippen LogP contribution in [0.15, 0.2) is 16.7 Å². The summed E-state index contributed by atoms with van der Waals surface area (Å²) in [6.07, 6.45) is 0. The molecule has 2 heterocycles. The van der Waals surface area contributed by atoms with Gasteiger partial charge in [0.1, 0.15) is 10.3 Å². The highest BCUT2D eigenvalue weighted by molar-refractivity contribution is 9.10. The topological polar surface area (TPSA) is 93.4 Å². The molecule has 1 atom stereocenters. The number of amides is 1. The van der Waals surface area contributed by atoms with Crippen LogP contribution in [0.5, 0.6) is 0 Å². The van der Waals surface area contributed by atoms with Crippen molar-refractivity contribution in [2.24, 2.45) is 0 Å². The van der Waals surface area contributed by atoms with Crippen molar-refractivity contribution in [3.63, 3.8) is 0 Å². The van der Waals surface area contributed by atoms with E-state index in [9.17, 15) is 19.7 Å². The number of anilines is 1. The minimum absolute atomic E-state index is 0.0665. The monoisotopic (exact) mass is 299 g/mol. The molecule has 1 unspecified atom stereocenters. The number of Topliss-reactive ketones (excluding diaryl/α,β-unsaturated/α-hetero) is 1. The van der Waals surface area contributed by atoms with Gasteiger partial charge in [-0.05, 0) is 28.1 Å². The molecule has 1 aromatic heterocycles. The van der Waals surface area contributed by atoms with E-state index in [0.717, 1.165) is 4.90 Å². The summed E-state index contributed by atoms with van der Waals surface area (Å²) in [4.78, 5) is 38.2. The lowest BCUT2D eigenvalue weighted by molar-refractivity contribution is -0.491. The fraction of sp³-hybridized carbons (Fsp3) is 0.222. The third kappa shape index (κ3) is 1.70. The van der Waals surface area contributed by atoms with Crippen molar-refractivity contribution in [1.82, 2.24) is 4.98 Å². The Morgan fingerprint density at radius 3 is 2.71 bits per heavy atom. The molecule has 1 amide bonds. The first-order valence-electron chi connectivity index (χ1n) is 4.55. The summed E-state index contributed by atoms with van der Waals surface area (Å²) in [6, 6.07) is 1.18. The van der Waals surface area contributed by atoms with Gasteiger partial charge in [0.05, 0.1) is 5.69 Å². The molecule has 0 saturated heterocycles. The molecule has 0 spiro atoms. The van der Waals surface area contributed by atoms with E-state index < -0.39 is 22.7 Å². The molecule has 8 heteroatoms. The number of hydrogen-bond acceptors (Lipinski definition) is 5. The lowest BCUT2D eigenvalue weighted by atomic mass is 10.0. The van der Waals surface area contributed by atoms with Crippen molar-refractivity contribution in [1.29, 1.82) is 0 Å². The van der Waals surface area contributed by atoms with Gasteiger partial charge in [0.2, 0.25) is 0 Å². The van der Waals surface area contributed by atoms with Crippen LogP contribution in [0.3, 0.4) is 0 Å². The zero-order valence-corrected chi connectivity index (χ0v) is 10.2. The van der Waals surface area contributed by atoms with Crippen LogP contribution in [-0.4, -0.2) is 34.7 Å². The van der Waals surface area contributed by atoms with Crippen molar-refractivity contribution in [2.75, 3.05) is 11.9 Å². The predicted octanol–water partition coefficient (Wildman–Crippen LogP) is 0.648. The van der Waals surface area contributed by atoms with Gasteiger partial charge in [-0.1, -0.05) is 0 Å². The first kappa shape index (κ1) is 11.6. The van der Waals surface area contributed by atoms with Crippen molar-refractivity contribution in [2.45, 2.75) is 6.04 Å². The number of carbonyl (C=O) groups is 2. The Morgan fingerprint density at radius 1 is 1.47 bits per heavy atom. The molecule has 0 aromatic carbocycles. The Kier molecular flexibility index (Phi) is 2.66. The molecule has 2 rings (SSSR count). The SMILES string of the molecule is CN1C(=O)C([N+](=O)[O-])C(=O)c2nc(Br)ccc21. The van der Waals surface area contributed by atoms with Crippen molar-refractivity contribution >= 4 is 33.3 Å². The highest BCUT2D eigenvalue weighted by Crippen LogP contribution is 2.27. The fourth-order valence-electron chi connectivity index (χ4n) is 1.61. The molecule has 88 valence electrons. The van der Waals surface area contributed by atoms with Crippen molar-refractivity contribution < 1.29 is 14.5 Å². The summed E-state index contributed by atoms with van der Waals surface area (Å²) in [5, 5.41) is 10.7. The third-order valence-electron chi connectivity index (χ3n) is 2.46. The average Bonchev–Trinajstić information content (AvgIpc) is 2.26. The van der Waals surface area contributed by atoms with Crippen LogP contribution in [0, 0.1) is 10.1 Å². The zero-order chi connectivity index (χ0) is 12.7. The van der Waals surface area contributed by atoms with E-state index in [1.807, 2.05) is 0 Å². The lowest BCUT2D eigenvalue weighted by Gasteiger charge is -2.25.